The molecule has 0 aromatic carbocycles. The molecular formula is C12H17CoN2. The number of rotatable bonds is 5. The van der Waals surface area contributed by atoms with Crippen LogP contribution >= 0.6 is 0 Å². The molecular weight excluding hydrogens is 231 g/mol. The topological polar surface area (TPSA) is 39.6 Å². The summed E-state index contributed by atoms with van der Waals surface area (Å²) in [6, 6.07) is 0. The third-order valence-electron chi connectivity index (χ3n) is 2.21. The minimum absolute atomic E-state index is 0.587. The van der Waals surface area contributed by atoms with E-state index in [1.165, 1.54) is 6.21 Å². The number of aromatic amines is 1. The van der Waals surface area contributed by atoms with E-state index in [4.69, 9.17) is 5.41 Å². The Morgan fingerprint density at radius 2 is 2.13 bits per heavy atom. The monoisotopic (exact) mass is 248 g/mol. The predicted molar refractivity (Wildman–Crippen MR) is 60.8 cm³/mol. The molecule has 1 rings (SSSR count). The van der Waals surface area contributed by atoms with Crippen molar-refractivity contribution in [3.8, 4) is 0 Å². The third-order valence-corrected chi connectivity index (χ3v) is 2.80. The van der Waals surface area contributed by atoms with E-state index >= 15 is 0 Å². The van der Waals surface area contributed by atoms with Crippen LogP contribution in [-0.2, 0) is 28.6 Å². The van der Waals surface area contributed by atoms with Crippen molar-refractivity contribution in [2.75, 3.05) is 0 Å². The van der Waals surface area contributed by atoms with Gasteiger partial charge < -0.3 is 0 Å². The molecule has 2 nitrogen and oxygen atoms in total. The zero-order valence-corrected chi connectivity index (χ0v) is 10.2. The molecule has 2 N–H and O–H groups in total. The van der Waals surface area contributed by atoms with Crippen molar-refractivity contribution < 1.29 is 15.7 Å². The second-order valence-electron chi connectivity index (χ2n) is 4.02. The van der Waals surface area contributed by atoms with Crippen LogP contribution in [0.3, 0.4) is 0 Å². The van der Waals surface area contributed by atoms with Gasteiger partial charge in [0.15, 0.2) is 0 Å². The number of allylic oxidation sites excluding steroid dienone is 1. The van der Waals surface area contributed by atoms with E-state index in [1.807, 2.05) is 6.08 Å². The fourth-order valence-electron chi connectivity index (χ4n) is 1.59. The molecule has 0 atom stereocenters. The van der Waals surface area contributed by atoms with Crippen LogP contribution in [0.4, 0.5) is 0 Å². The normalized spacial score (nSPS) is 10.7. The van der Waals surface area contributed by atoms with Crippen molar-refractivity contribution in [3.05, 3.63) is 29.6 Å². The van der Waals surface area contributed by atoms with Gasteiger partial charge in [-0.05, 0) is 0 Å². The van der Waals surface area contributed by atoms with Crippen LogP contribution in [0.15, 0.2) is 12.7 Å². The summed E-state index contributed by atoms with van der Waals surface area (Å²) in [5.41, 5.74) is 3.06. The average Bonchev–Trinajstić information content (AvgIpc) is 2.43. The van der Waals surface area contributed by atoms with Gasteiger partial charge in [-0.3, -0.25) is 0 Å². The maximum absolute atomic E-state index is 7.37. The molecule has 0 aliphatic carbocycles. The van der Waals surface area contributed by atoms with Crippen molar-refractivity contribution in [3.63, 3.8) is 0 Å². The Balaban J connectivity index is 3.08. The van der Waals surface area contributed by atoms with Gasteiger partial charge in [0.25, 0.3) is 0 Å². The van der Waals surface area contributed by atoms with Crippen molar-refractivity contribution >= 4 is 10.7 Å². The number of hydrogen-bond acceptors (Lipinski definition) is 1. The van der Waals surface area contributed by atoms with Crippen molar-refractivity contribution in [1.82, 2.24) is 4.98 Å². The molecule has 15 heavy (non-hydrogen) atoms. The van der Waals surface area contributed by atoms with Gasteiger partial charge in [-0.2, -0.15) is 0 Å². The van der Waals surface area contributed by atoms with Gasteiger partial charge in [-0.15, -0.1) is 0 Å². The van der Waals surface area contributed by atoms with Crippen LogP contribution in [0.2, 0.25) is 0 Å². The van der Waals surface area contributed by atoms with Gasteiger partial charge in [0.05, 0.1) is 0 Å². The van der Waals surface area contributed by atoms with Gasteiger partial charge in [0, 0.05) is 0 Å². The first-order chi connectivity index (χ1) is 7.10. The molecule has 0 radical (unpaired) electrons. The van der Waals surface area contributed by atoms with E-state index in [9.17, 15) is 0 Å². The summed E-state index contributed by atoms with van der Waals surface area (Å²) in [6.45, 7) is 8.05. The minimum atomic E-state index is 0.587. The van der Waals surface area contributed by atoms with Crippen LogP contribution in [0, 0.1) is 11.3 Å². The third kappa shape index (κ3) is 2.83. The van der Waals surface area contributed by atoms with E-state index in [1.54, 1.807) is 0 Å². The van der Waals surface area contributed by atoms with Crippen molar-refractivity contribution in [1.29, 1.82) is 5.41 Å². The fourth-order valence-corrected chi connectivity index (χ4v) is 1.99. The number of aromatic nitrogens is 1. The zero-order chi connectivity index (χ0) is 11.4. The predicted octanol–water partition coefficient (Wildman–Crippen LogP) is 2.11. The number of nitrogens with one attached hydrogen (secondary N) is 2. The Morgan fingerprint density at radius 1 is 1.47 bits per heavy atom. The van der Waals surface area contributed by atoms with E-state index in [-0.39, 0.29) is 0 Å². The Morgan fingerprint density at radius 3 is 2.60 bits per heavy atom. The molecule has 0 amide bonds. The molecule has 0 unspecified atom stereocenters. The quantitative estimate of drug-likeness (QED) is 0.592. The molecule has 1 heterocycles. The molecule has 1 aromatic rings. The SMILES string of the molecule is C=CCc1[nH]c(CC(C)C)[c]([Co])c1C=N. The van der Waals surface area contributed by atoms with Gasteiger partial charge in [-0.25, -0.2) is 0 Å². The van der Waals surface area contributed by atoms with Crippen molar-refractivity contribution in [2.45, 2.75) is 26.7 Å². The Bertz CT molecular complexity index is 364. The van der Waals surface area contributed by atoms with Crippen LogP contribution in [0.25, 0.3) is 0 Å². The van der Waals surface area contributed by atoms with E-state index in [2.05, 4.69) is 41.1 Å². The summed E-state index contributed by atoms with van der Waals surface area (Å²) in [4.78, 5) is 3.33. The van der Waals surface area contributed by atoms with Crippen molar-refractivity contribution in [2.24, 2.45) is 5.92 Å². The summed E-state index contributed by atoms with van der Waals surface area (Å²) >= 11 is 4.52. The second-order valence-corrected chi connectivity index (χ2v) is 4.54. The summed E-state index contributed by atoms with van der Waals surface area (Å²) < 4.78 is 0.906. The maximum atomic E-state index is 7.37. The van der Waals surface area contributed by atoms with E-state index in [0.29, 0.717) is 5.92 Å². The first-order valence-electron chi connectivity index (χ1n) is 5.08. The molecule has 84 valence electrons. The Labute approximate surface area is 99.3 Å². The Kier molecular flexibility index (Phi) is 4.36. The van der Waals surface area contributed by atoms with Crippen LogP contribution in [0.5, 0.6) is 0 Å². The molecule has 0 saturated carbocycles. The molecule has 0 aliphatic heterocycles. The molecule has 0 aliphatic rings. The standard InChI is InChI=1S/C12H17N2.Co/c1-4-5-12-10(8-13)7-11(14-12)6-9(2)3;/h4,8-9,13-14H,1,5-6H2,2-3H3;. The number of H-pyrrole nitrogens is 1. The zero-order valence-electron chi connectivity index (χ0n) is 9.19. The fraction of sp³-hybridized carbons (Fsp3) is 0.417. The molecule has 0 spiro atoms. The molecule has 0 bridgehead atoms. The second kappa shape index (κ2) is 5.33. The molecule has 1 aromatic heterocycles. The summed E-state index contributed by atoms with van der Waals surface area (Å²) in [7, 11) is 0. The number of hydrogen-bond donors (Lipinski definition) is 2. The van der Waals surface area contributed by atoms with Gasteiger partial charge in [0.2, 0.25) is 0 Å². The molecule has 0 fully saturated rings. The van der Waals surface area contributed by atoms with Gasteiger partial charge in [0.1, 0.15) is 0 Å². The summed E-state index contributed by atoms with van der Waals surface area (Å²) in [5, 5.41) is 7.37. The Hall–Kier alpha value is -0.804. The van der Waals surface area contributed by atoms with Gasteiger partial charge >= 0.3 is 99.1 Å². The first-order valence-corrected chi connectivity index (χ1v) is 5.60. The van der Waals surface area contributed by atoms with Crippen LogP contribution < -0.4 is 4.50 Å². The summed E-state index contributed by atoms with van der Waals surface area (Å²) in [6.07, 6.45) is 4.93. The van der Waals surface area contributed by atoms with E-state index in [0.717, 1.165) is 34.3 Å². The molecule has 0 saturated heterocycles. The van der Waals surface area contributed by atoms with Crippen LogP contribution in [0.1, 0.15) is 30.8 Å². The molecule has 3 heteroatoms. The van der Waals surface area contributed by atoms with E-state index < -0.39 is 0 Å². The van der Waals surface area contributed by atoms with Gasteiger partial charge in [-0.1, -0.05) is 0 Å². The summed E-state index contributed by atoms with van der Waals surface area (Å²) in [5.74, 6) is 0.587. The van der Waals surface area contributed by atoms with Crippen LogP contribution in [-0.4, -0.2) is 11.2 Å². The first kappa shape index (κ1) is 12.3. The average molecular weight is 248 g/mol.